The molecule has 2 atom stereocenters. The largest absolute Gasteiger partial charge is 0.496 e. The number of benzene rings is 1. The number of primary amides is 1. The summed E-state index contributed by atoms with van der Waals surface area (Å²) >= 11 is 0. The van der Waals surface area contributed by atoms with Gasteiger partial charge in [-0.1, -0.05) is 18.2 Å². The summed E-state index contributed by atoms with van der Waals surface area (Å²) < 4.78 is 5.42. The van der Waals surface area contributed by atoms with E-state index in [2.05, 4.69) is 0 Å². The van der Waals surface area contributed by atoms with Crippen LogP contribution in [0.3, 0.4) is 0 Å². The molecule has 2 heterocycles. The molecule has 2 N–H and O–H groups in total. The van der Waals surface area contributed by atoms with Gasteiger partial charge in [0.25, 0.3) is 5.91 Å². The van der Waals surface area contributed by atoms with E-state index in [0.717, 1.165) is 18.4 Å². The molecule has 1 aromatic carbocycles. The van der Waals surface area contributed by atoms with Crippen LogP contribution >= 0.6 is 0 Å². The molecular weight excluding hydrogens is 324 g/mol. The first-order valence-corrected chi connectivity index (χ1v) is 8.35. The number of ether oxygens (including phenoxy) is 1. The van der Waals surface area contributed by atoms with Crippen molar-refractivity contribution < 1.29 is 19.1 Å². The number of imide groups is 1. The quantitative estimate of drug-likeness (QED) is 0.825. The second kappa shape index (κ2) is 5.65. The molecule has 3 aliphatic rings. The summed E-state index contributed by atoms with van der Waals surface area (Å²) in [6.45, 7) is 0.374. The van der Waals surface area contributed by atoms with Crippen molar-refractivity contribution in [2.75, 3.05) is 20.2 Å². The first-order chi connectivity index (χ1) is 12.0. The van der Waals surface area contributed by atoms with E-state index in [1.54, 1.807) is 18.1 Å². The Hall–Kier alpha value is -2.77. The summed E-state index contributed by atoms with van der Waals surface area (Å²) in [6.07, 6.45) is 1.69. The first-order valence-electron chi connectivity index (χ1n) is 8.35. The van der Waals surface area contributed by atoms with E-state index in [1.807, 2.05) is 18.2 Å². The number of nitrogens with zero attached hydrogens (tertiary/aromatic N) is 3. The van der Waals surface area contributed by atoms with Crippen molar-refractivity contribution in [3.8, 4) is 5.75 Å². The number of nitrogens with two attached hydrogens (primary N) is 1. The van der Waals surface area contributed by atoms with Crippen molar-refractivity contribution in [3.05, 3.63) is 29.8 Å². The Morgan fingerprint density at radius 2 is 1.84 bits per heavy atom. The van der Waals surface area contributed by atoms with Crippen LogP contribution in [0.15, 0.2) is 24.3 Å². The van der Waals surface area contributed by atoms with Crippen molar-refractivity contribution in [1.82, 2.24) is 14.7 Å². The molecule has 8 nitrogen and oxygen atoms in total. The van der Waals surface area contributed by atoms with Gasteiger partial charge in [-0.25, -0.2) is 9.59 Å². The second-order valence-corrected chi connectivity index (χ2v) is 6.65. The van der Waals surface area contributed by atoms with Crippen LogP contribution < -0.4 is 10.5 Å². The van der Waals surface area contributed by atoms with E-state index < -0.39 is 18.1 Å². The molecule has 1 aromatic rings. The lowest BCUT2D eigenvalue weighted by atomic mass is 9.99. The third kappa shape index (κ3) is 2.40. The van der Waals surface area contributed by atoms with Crippen LogP contribution in [0.25, 0.3) is 0 Å². The van der Waals surface area contributed by atoms with Gasteiger partial charge in [0.05, 0.1) is 19.7 Å². The number of rotatable bonds is 3. The molecular formula is C17H20N4O4. The highest BCUT2D eigenvalue weighted by Crippen LogP contribution is 2.41. The molecule has 3 fully saturated rings. The fourth-order valence-corrected chi connectivity index (χ4v) is 3.77. The van der Waals surface area contributed by atoms with E-state index in [-0.39, 0.29) is 31.1 Å². The van der Waals surface area contributed by atoms with Crippen LogP contribution in [0.5, 0.6) is 5.75 Å². The van der Waals surface area contributed by atoms with Crippen molar-refractivity contribution >= 4 is 18.0 Å². The summed E-state index contributed by atoms with van der Waals surface area (Å²) in [6, 6.07) is 5.29. The van der Waals surface area contributed by atoms with E-state index in [4.69, 9.17) is 10.5 Å². The second-order valence-electron chi connectivity index (χ2n) is 6.65. The van der Waals surface area contributed by atoms with E-state index in [1.165, 1.54) is 9.80 Å². The molecule has 25 heavy (non-hydrogen) atoms. The number of carbonyl (C=O) groups excluding carboxylic acids is 3. The van der Waals surface area contributed by atoms with Gasteiger partial charge in [0.2, 0.25) is 0 Å². The predicted octanol–water partition coefficient (Wildman–Crippen LogP) is 0.926. The molecule has 2 aliphatic heterocycles. The van der Waals surface area contributed by atoms with Crippen LogP contribution in [0, 0.1) is 0 Å². The van der Waals surface area contributed by atoms with Crippen molar-refractivity contribution in [3.63, 3.8) is 0 Å². The third-order valence-electron chi connectivity index (χ3n) is 5.13. The molecule has 4 rings (SSSR count). The number of amides is 5. The summed E-state index contributed by atoms with van der Waals surface area (Å²) in [5.74, 6) is 0.376. The zero-order valence-corrected chi connectivity index (χ0v) is 13.9. The Balaban J connectivity index is 1.77. The van der Waals surface area contributed by atoms with Crippen LogP contribution in [0.4, 0.5) is 9.59 Å². The molecule has 1 saturated carbocycles. The van der Waals surface area contributed by atoms with Crippen molar-refractivity contribution in [1.29, 1.82) is 0 Å². The fourth-order valence-electron chi connectivity index (χ4n) is 3.77. The van der Waals surface area contributed by atoms with E-state index in [9.17, 15) is 14.4 Å². The van der Waals surface area contributed by atoms with Gasteiger partial charge in [-0.15, -0.1) is 0 Å². The average Bonchev–Trinajstić information content (AvgIpc) is 3.41. The zero-order valence-electron chi connectivity index (χ0n) is 13.9. The van der Waals surface area contributed by atoms with Crippen LogP contribution in [-0.4, -0.2) is 65.0 Å². The zero-order chi connectivity index (χ0) is 17.7. The van der Waals surface area contributed by atoms with E-state index in [0.29, 0.717) is 5.75 Å². The molecule has 0 radical (unpaired) electrons. The van der Waals surface area contributed by atoms with Gasteiger partial charge in [0.1, 0.15) is 11.8 Å². The molecule has 132 valence electrons. The summed E-state index contributed by atoms with van der Waals surface area (Å²) in [7, 11) is 1.55. The highest BCUT2D eigenvalue weighted by Gasteiger charge is 2.56. The number of piperazine rings is 1. The fraction of sp³-hybridized carbons (Fsp3) is 0.471. The van der Waals surface area contributed by atoms with Gasteiger partial charge in [-0.3, -0.25) is 9.69 Å². The molecule has 0 aromatic heterocycles. The summed E-state index contributed by atoms with van der Waals surface area (Å²) in [5, 5.41) is 0. The normalized spacial score (nSPS) is 26.0. The summed E-state index contributed by atoms with van der Waals surface area (Å²) in [5.41, 5.74) is 6.24. The van der Waals surface area contributed by atoms with Crippen molar-refractivity contribution in [2.24, 2.45) is 5.73 Å². The molecule has 8 heteroatoms. The number of hydrogen-bond donors (Lipinski definition) is 1. The molecule has 5 amide bonds. The lowest BCUT2D eigenvalue weighted by Gasteiger charge is -2.41. The predicted molar refractivity (Wildman–Crippen MR) is 87.8 cm³/mol. The van der Waals surface area contributed by atoms with Gasteiger partial charge in [0, 0.05) is 18.2 Å². The maximum Gasteiger partial charge on any atom is 0.328 e. The summed E-state index contributed by atoms with van der Waals surface area (Å²) in [4.78, 5) is 41.9. The molecule has 1 aliphatic carbocycles. The first kappa shape index (κ1) is 15.7. The average molecular weight is 344 g/mol. The highest BCUT2D eigenvalue weighted by molar-refractivity contribution is 6.05. The molecule has 2 saturated heterocycles. The van der Waals surface area contributed by atoms with Crippen LogP contribution in [0.2, 0.25) is 0 Å². The highest BCUT2D eigenvalue weighted by atomic mass is 16.5. The van der Waals surface area contributed by atoms with E-state index >= 15 is 0 Å². The minimum Gasteiger partial charge on any atom is -0.496 e. The SMILES string of the molecule is COc1ccccc1C1CN(C(N)=O)CC2C(=O)N(C3CC3)C(=O)N21. The number of urea groups is 2. The minimum atomic E-state index is -0.690. The maximum atomic E-state index is 12.9. The monoisotopic (exact) mass is 344 g/mol. The van der Waals surface area contributed by atoms with Gasteiger partial charge < -0.3 is 20.3 Å². The number of fused-ring (bicyclic) bond motifs is 1. The van der Waals surface area contributed by atoms with Crippen LogP contribution in [0.1, 0.15) is 24.4 Å². The minimum absolute atomic E-state index is 0.00838. The lowest BCUT2D eigenvalue weighted by molar-refractivity contribution is -0.130. The Kier molecular flexibility index (Phi) is 3.55. The van der Waals surface area contributed by atoms with Gasteiger partial charge >= 0.3 is 12.1 Å². The lowest BCUT2D eigenvalue weighted by Crippen LogP contribution is -2.57. The Morgan fingerprint density at radius 1 is 1.16 bits per heavy atom. The van der Waals surface area contributed by atoms with Gasteiger partial charge in [-0.2, -0.15) is 0 Å². The smallest absolute Gasteiger partial charge is 0.328 e. The Bertz CT molecular complexity index is 748. The Morgan fingerprint density at radius 3 is 2.48 bits per heavy atom. The number of hydrogen-bond acceptors (Lipinski definition) is 4. The molecule has 0 spiro atoms. The molecule has 2 unspecified atom stereocenters. The number of para-hydroxylation sites is 1. The molecule has 0 bridgehead atoms. The van der Waals surface area contributed by atoms with Crippen molar-refractivity contribution in [2.45, 2.75) is 31.0 Å². The van der Waals surface area contributed by atoms with Gasteiger partial charge in [0.15, 0.2) is 0 Å². The standard InChI is InChI=1S/C17H20N4O4/c1-25-14-5-3-2-4-11(14)12-8-19(16(18)23)9-13-15(22)20(10-6-7-10)17(24)21(12)13/h2-5,10,12-13H,6-9H2,1H3,(H2,18,23). The number of methoxy groups -OCH3 is 1. The Labute approximate surface area is 145 Å². The number of carbonyl (C=O) groups is 3. The van der Waals surface area contributed by atoms with Gasteiger partial charge in [-0.05, 0) is 18.9 Å². The topological polar surface area (TPSA) is 96.2 Å². The maximum absolute atomic E-state index is 12.9. The third-order valence-corrected chi connectivity index (χ3v) is 5.13. The van der Waals surface area contributed by atoms with Crippen LogP contribution in [-0.2, 0) is 4.79 Å².